The van der Waals surface area contributed by atoms with Crippen molar-refractivity contribution in [3.05, 3.63) is 29.8 Å². The van der Waals surface area contributed by atoms with Gasteiger partial charge < -0.3 is 10.5 Å². The van der Waals surface area contributed by atoms with Crippen molar-refractivity contribution in [3.63, 3.8) is 0 Å². The fraction of sp³-hybridized carbons (Fsp3) is 0.571. The van der Waals surface area contributed by atoms with Gasteiger partial charge in [0.15, 0.2) is 0 Å². The summed E-state index contributed by atoms with van der Waals surface area (Å²) in [5.41, 5.74) is 7.02. The SMILES string of the molecule is CC(C)C1CC(N)(c2ccc(OC(F)F)cc2)C1. The van der Waals surface area contributed by atoms with E-state index in [0.29, 0.717) is 11.8 Å². The number of benzene rings is 1. The number of hydrogen-bond donors (Lipinski definition) is 1. The Morgan fingerprint density at radius 3 is 2.22 bits per heavy atom. The molecule has 0 unspecified atom stereocenters. The molecule has 1 saturated carbocycles. The first-order chi connectivity index (χ1) is 8.40. The predicted molar refractivity (Wildman–Crippen MR) is 66.5 cm³/mol. The molecule has 18 heavy (non-hydrogen) atoms. The molecule has 0 spiro atoms. The highest BCUT2D eigenvalue weighted by molar-refractivity contribution is 5.33. The molecule has 2 nitrogen and oxygen atoms in total. The minimum Gasteiger partial charge on any atom is -0.435 e. The highest BCUT2D eigenvalue weighted by atomic mass is 19.3. The number of hydrogen-bond acceptors (Lipinski definition) is 2. The zero-order chi connectivity index (χ0) is 13.3. The molecule has 0 heterocycles. The van der Waals surface area contributed by atoms with Gasteiger partial charge in [-0.2, -0.15) is 8.78 Å². The number of nitrogens with two attached hydrogens (primary N) is 1. The average Bonchev–Trinajstić information content (AvgIpc) is 2.24. The van der Waals surface area contributed by atoms with E-state index in [9.17, 15) is 8.78 Å². The molecule has 1 aliphatic rings. The Balaban J connectivity index is 2.02. The van der Waals surface area contributed by atoms with Crippen LogP contribution >= 0.6 is 0 Å². The quantitative estimate of drug-likeness (QED) is 0.893. The van der Waals surface area contributed by atoms with Crippen LogP contribution in [0.4, 0.5) is 8.78 Å². The first kappa shape index (κ1) is 13.3. The van der Waals surface area contributed by atoms with Crippen molar-refractivity contribution >= 4 is 0 Å². The summed E-state index contributed by atoms with van der Waals surface area (Å²) < 4.78 is 28.4. The van der Waals surface area contributed by atoms with E-state index in [1.54, 1.807) is 24.3 Å². The Morgan fingerprint density at radius 1 is 1.22 bits per heavy atom. The monoisotopic (exact) mass is 255 g/mol. The zero-order valence-corrected chi connectivity index (χ0v) is 10.7. The molecule has 1 aromatic carbocycles. The van der Waals surface area contributed by atoms with Gasteiger partial charge in [0.1, 0.15) is 5.75 Å². The topological polar surface area (TPSA) is 35.2 Å². The summed E-state index contributed by atoms with van der Waals surface area (Å²) in [6, 6.07) is 6.68. The van der Waals surface area contributed by atoms with E-state index >= 15 is 0 Å². The van der Waals surface area contributed by atoms with Crippen LogP contribution in [0.2, 0.25) is 0 Å². The van der Waals surface area contributed by atoms with E-state index in [0.717, 1.165) is 18.4 Å². The van der Waals surface area contributed by atoms with Crippen molar-refractivity contribution in [2.45, 2.75) is 38.8 Å². The Bertz CT molecular complexity index is 397. The van der Waals surface area contributed by atoms with Crippen LogP contribution in [0, 0.1) is 11.8 Å². The van der Waals surface area contributed by atoms with Gasteiger partial charge in [-0.05, 0) is 42.4 Å². The molecule has 2 rings (SSSR count). The molecule has 4 heteroatoms. The van der Waals surface area contributed by atoms with Crippen molar-refractivity contribution < 1.29 is 13.5 Å². The summed E-state index contributed by atoms with van der Waals surface area (Å²) in [5.74, 6) is 1.48. The predicted octanol–water partition coefficient (Wildman–Crippen LogP) is 3.51. The second kappa shape index (κ2) is 4.84. The third kappa shape index (κ3) is 2.64. The molecule has 2 N–H and O–H groups in total. The smallest absolute Gasteiger partial charge is 0.387 e. The minimum atomic E-state index is -2.78. The van der Waals surface area contributed by atoms with Gasteiger partial charge in [0, 0.05) is 5.54 Å². The Hall–Kier alpha value is -1.16. The fourth-order valence-corrected chi connectivity index (χ4v) is 2.55. The summed E-state index contributed by atoms with van der Waals surface area (Å²) in [4.78, 5) is 0. The van der Waals surface area contributed by atoms with Crippen molar-refractivity contribution in [1.29, 1.82) is 0 Å². The van der Waals surface area contributed by atoms with E-state index in [2.05, 4.69) is 18.6 Å². The Kier molecular flexibility index (Phi) is 3.57. The lowest BCUT2D eigenvalue weighted by Crippen LogP contribution is -2.50. The summed E-state index contributed by atoms with van der Waals surface area (Å²) in [7, 11) is 0. The summed E-state index contributed by atoms with van der Waals surface area (Å²) in [6.07, 6.45) is 1.92. The molecule has 1 fully saturated rings. The van der Waals surface area contributed by atoms with Crippen LogP contribution in [0.5, 0.6) is 5.75 Å². The Labute approximate surface area is 106 Å². The Morgan fingerprint density at radius 2 is 1.78 bits per heavy atom. The van der Waals surface area contributed by atoms with Gasteiger partial charge >= 0.3 is 6.61 Å². The van der Waals surface area contributed by atoms with Crippen LogP contribution in [0.15, 0.2) is 24.3 Å². The summed E-state index contributed by atoms with van der Waals surface area (Å²) in [6.45, 7) is 1.62. The number of halogens is 2. The third-order valence-electron chi connectivity index (χ3n) is 3.85. The maximum atomic E-state index is 12.0. The first-order valence-electron chi connectivity index (χ1n) is 6.25. The molecule has 0 aromatic heterocycles. The van der Waals surface area contributed by atoms with Gasteiger partial charge in [-0.15, -0.1) is 0 Å². The number of rotatable bonds is 4. The zero-order valence-electron chi connectivity index (χ0n) is 10.7. The van der Waals surface area contributed by atoms with Crippen molar-refractivity contribution in [1.82, 2.24) is 0 Å². The fourth-order valence-electron chi connectivity index (χ4n) is 2.55. The van der Waals surface area contributed by atoms with Crippen LogP contribution in [-0.4, -0.2) is 6.61 Å². The van der Waals surface area contributed by atoms with Crippen LogP contribution in [0.25, 0.3) is 0 Å². The largest absolute Gasteiger partial charge is 0.435 e. The lowest BCUT2D eigenvalue weighted by molar-refractivity contribution is -0.0498. The maximum absolute atomic E-state index is 12.0. The van der Waals surface area contributed by atoms with Crippen LogP contribution in [0.3, 0.4) is 0 Å². The van der Waals surface area contributed by atoms with Gasteiger partial charge in [0.2, 0.25) is 0 Å². The highest BCUT2D eigenvalue weighted by Gasteiger charge is 2.43. The first-order valence-corrected chi connectivity index (χ1v) is 6.25. The van der Waals surface area contributed by atoms with Crippen molar-refractivity contribution in [2.24, 2.45) is 17.6 Å². The van der Waals surface area contributed by atoms with Crippen LogP contribution < -0.4 is 10.5 Å². The molecule has 1 aliphatic carbocycles. The molecular weight excluding hydrogens is 236 g/mol. The summed E-state index contributed by atoms with van der Waals surface area (Å²) >= 11 is 0. The third-order valence-corrected chi connectivity index (χ3v) is 3.85. The molecule has 0 saturated heterocycles. The minimum absolute atomic E-state index is 0.178. The second-order valence-electron chi connectivity index (χ2n) is 5.47. The molecule has 100 valence electrons. The lowest BCUT2D eigenvalue weighted by Gasteiger charge is -2.47. The van der Waals surface area contributed by atoms with E-state index < -0.39 is 6.61 Å². The standard InChI is InChI=1S/C14H19F2NO/c1-9(2)10-7-14(17,8-10)11-3-5-12(6-4-11)18-13(15)16/h3-6,9-10,13H,7-8,17H2,1-2H3. The van der Waals surface area contributed by atoms with Gasteiger partial charge in [0.05, 0.1) is 0 Å². The number of ether oxygens (including phenoxy) is 1. The van der Waals surface area contributed by atoms with E-state index in [4.69, 9.17) is 5.73 Å². The molecule has 0 bridgehead atoms. The molecule has 0 aliphatic heterocycles. The average molecular weight is 255 g/mol. The van der Waals surface area contributed by atoms with Crippen LogP contribution in [-0.2, 0) is 5.54 Å². The summed E-state index contributed by atoms with van der Waals surface area (Å²) in [5, 5.41) is 0. The van der Waals surface area contributed by atoms with Gasteiger partial charge in [-0.3, -0.25) is 0 Å². The maximum Gasteiger partial charge on any atom is 0.387 e. The second-order valence-corrected chi connectivity index (χ2v) is 5.47. The van der Waals surface area contributed by atoms with Gasteiger partial charge in [-0.1, -0.05) is 26.0 Å². The van der Waals surface area contributed by atoms with Crippen LogP contribution in [0.1, 0.15) is 32.3 Å². The van der Waals surface area contributed by atoms with E-state index in [-0.39, 0.29) is 11.3 Å². The molecule has 0 amide bonds. The molecule has 1 aromatic rings. The van der Waals surface area contributed by atoms with Crippen molar-refractivity contribution in [2.75, 3.05) is 0 Å². The van der Waals surface area contributed by atoms with Gasteiger partial charge in [0.25, 0.3) is 0 Å². The van der Waals surface area contributed by atoms with E-state index in [1.165, 1.54) is 0 Å². The van der Waals surface area contributed by atoms with Gasteiger partial charge in [-0.25, -0.2) is 0 Å². The van der Waals surface area contributed by atoms with Crippen molar-refractivity contribution in [3.8, 4) is 5.75 Å². The lowest BCUT2D eigenvalue weighted by atomic mass is 9.62. The highest BCUT2D eigenvalue weighted by Crippen LogP contribution is 2.47. The molecule has 0 atom stereocenters. The molecular formula is C14H19F2NO. The van der Waals surface area contributed by atoms with E-state index in [1.807, 2.05) is 0 Å². The number of alkyl halides is 2. The molecule has 0 radical (unpaired) electrons. The normalized spacial score (nSPS) is 27.4.